The number of aryl methyl sites for hydroxylation is 1. The van der Waals surface area contributed by atoms with Crippen LogP contribution in [0.15, 0.2) is 23.1 Å². The molecule has 1 heterocycles. The first kappa shape index (κ1) is 16.4. The molecule has 1 aliphatic rings. The zero-order valence-electron chi connectivity index (χ0n) is 12.9. The Morgan fingerprint density at radius 2 is 1.90 bits per heavy atom. The molecule has 0 saturated carbocycles. The fraction of sp³-hybridized carbons (Fsp3) is 0.600. The van der Waals surface area contributed by atoms with Crippen LogP contribution in [-0.4, -0.2) is 56.0 Å². The Balaban J connectivity index is 2.23. The Labute approximate surface area is 127 Å². The Morgan fingerprint density at radius 1 is 1.29 bits per heavy atom. The minimum absolute atomic E-state index is 0.147. The standard InChI is InChI=1S/C15H24N2O3S/c1-12-4-5-13(11-18)10-15(12)21(19,20)17-8-6-14(7-9-17)16(2)3/h4-5,10,14,18H,6-9,11H2,1-3H3. The van der Waals surface area contributed by atoms with Gasteiger partial charge < -0.3 is 10.0 Å². The highest BCUT2D eigenvalue weighted by Gasteiger charge is 2.31. The van der Waals surface area contributed by atoms with Gasteiger partial charge in [0, 0.05) is 19.1 Å². The topological polar surface area (TPSA) is 60.9 Å². The van der Waals surface area contributed by atoms with Gasteiger partial charge in [-0.15, -0.1) is 0 Å². The lowest BCUT2D eigenvalue weighted by Crippen LogP contribution is -2.44. The number of hydrogen-bond acceptors (Lipinski definition) is 4. The number of piperidine rings is 1. The summed E-state index contributed by atoms with van der Waals surface area (Å²) < 4.78 is 27.1. The summed E-state index contributed by atoms with van der Waals surface area (Å²) >= 11 is 0. The molecule has 5 nitrogen and oxygen atoms in total. The fourth-order valence-electron chi connectivity index (χ4n) is 2.76. The van der Waals surface area contributed by atoms with E-state index in [0.29, 0.717) is 29.6 Å². The minimum atomic E-state index is -3.47. The van der Waals surface area contributed by atoms with E-state index in [0.717, 1.165) is 18.4 Å². The van der Waals surface area contributed by atoms with Crippen molar-refractivity contribution in [1.82, 2.24) is 9.21 Å². The average molecular weight is 312 g/mol. The summed E-state index contributed by atoms with van der Waals surface area (Å²) in [5.74, 6) is 0. The third-order valence-corrected chi connectivity index (χ3v) is 6.25. The van der Waals surface area contributed by atoms with E-state index < -0.39 is 10.0 Å². The van der Waals surface area contributed by atoms with Crippen molar-refractivity contribution >= 4 is 10.0 Å². The zero-order chi connectivity index (χ0) is 15.6. The molecule has 0 radical (unpaired) electrons. The number of rotatable bonds is 4. The second kappa shape index (κ2) is 6.44. The highest BCUT2D eigenvalue weighted by molar-refractivity contribution is 7.89. The SMILES string of the molecule is Cc1ccc(CO)cc1S(=O)(=O)N1CCC(N(C)C)CC1. The first-order valence-electron chi connectivity index (χ1n) is 7.23. The summed E-state index contributed by atoms with van der Waals surface area (Å²) in [4.78, 5) is 2.47. The first-order valence-corrected chi connectivity index (χ1v) is 8.67. The summed E-state index contributed by atoms with van der Waals surface area (Å²) in [7, 11) is 0.592. The molecule has 0 amide bonds. The summed E-state index contributed by atoms with van der Waals surface area (Å²) in [6, 6.07) is 5.54. The molecular formula is C15H24N2O3S. The van der Waals surface area contributed by atoms with Gasteiger partial charge in [0.15, 0.2) is 0 Å². The molecule has 1 N–H and O–H groups in total. The van der Waals surface area contributed by atoms with E-state index >= 15 is 0 Å². The van der Waals surface area contributed by atoms with E-state index in [1.54, 1.807) is 29.4 Å². The molecule has 6 heteroatoms. The normalized spacial score (nSPS) is 18.3. The van der Waals surface area contributed by atoms with Crippen LogP contribution in [-0.2, 0) is 16.6 Å². The van der Waals surface area contributed by atoms with Crippen molar-refractivity contribution in [2.75, 3.05) is 27.2 Å². The molecule has 0 spiro atoms. The van der Waals surface area contributed by atoms with Gasteiger partial charge in [-0.1, -0.05) is 12.1 Å². The lowest BCUT2D eigenvalue weighted by molar-refractivity contribution is 0.196. The van der Waals surface area contributed by atoms with Crippen molar-refractivity contribution in [3.8, 4) is 0 Å². The molecule has 1 saturated heterocycles. The number of benzene rings is 1. The van der Waals surface area contributed by atoms with Crippen LogP contribution in [0.2, 0.25) is 0 Å². The van der Waals surface area contributed by atoms with E-state index in [1.165, 1.54) is 0 Å². The molecular weight excluding hydrogens is 288 g/mol. The van der Waals surface area contributed by atoms with Gasteiger partial charge in [0.05, 0.1) is 11.5 Å². The van der Waals surface area contributed by atoms with Gasteiger partial charge in [0.25, 0.3) is 0 Å². The zero-order valence-corrected chi connectivity index (χ0v) is 13.7. The van der Waals surface area contributed by atoms with E-state index in [-0.39, 0.29) is 6.61 Å². The molecule has 2 rings (SSSR count). The minimum Gasteiger partial charge on any atom is -0.392 e. The smallest absolute Gasteiger partial charge is 0.243 e. The molecule has 1 fully saturated rings. The van der Waals surface area contributed by atoms with Gasteiger partial charge in [0.2, 0.25) is 10.0 Å². The predicted molar refractivity (Wildman–Crippen MR) is 82.6 cm³/mol. The summed E-state index contributed by atoms with van der Waals surface area (Å²) in [5, 5.41) is 9.21. The number of hydrogen-bond donors (Lipinski definition) is 1. The maximum atomic E-state index is 12.8. The number of nitrogens with zero attached hydrogens (tertiary/aromatic N) is 2. The summed E-state index contributed by atoms with van der Waals surface area (Å²) in [5.41, 5.74) is 1.35. The van der Waals surface area contributed by atoms with E-state index in [2.05, 4.69) is 4.90 Å². The van der Waals surface area contributed by atoms with Crippen molar-refractivity contribution in [3.05, 3.63) is 29.3 Å². The third-order valence-electron chi connectivity index (χ3n) is 4.21. The second-order valence-corrected chi connectivity index (χ2v) is 7.76. The van der Waals surface area contributed by atoms with Gasteiger partial charge in [0.1, 0.15) is 0 Å². The van der Waals surface area contributed by atoms with Crippen LogP contribution in [0.3, 0.4) is 0 Å². The molecule has 1 aromatic rings. The van der Waals surface area contributed by atoms with Gasteiger partial charge in [-0.3, -0.25) is 0 Å². The number of aliphatic hydroxyl groups excluding tert-OH is 1. The van der Waals surface area contributed by atoms with Crippen LogP contribution in [0.4, 0.5) is 0 Å². The Hall–Kier alpha value is -0.950. The van der Waals surface area contributed by atoms with E-state index in [9.17, 15) is 13.5 Å². The highest BCUT2D eigenvalue weighted by atomic mass is 32.2. The molecule has 0 atom stereocenters. The third kappa shape index (κ3) is 3.45. The molecule has 0 unspecified atom stereocenters. The molecule has 0 bridgehead atoms. The lowest BCUT2D eigenvalue weighted by atomic mass is 10.1. The van der Waals surface area contributed by atoms with Crippen molar-refractivity contribution in [2.45, 2.75) is 37.3 Å². The second-order valence-electron chi connectivity index (χ2n) is 5.86. The van der Waals surface area contributed by atoms with Crippen LogP contribution in [0.5, 0.6) is 0 Å². The van der Waals surface area contributed by atoms with Crippen molar-refractivity contribution in [2.24, 2.45) is 0 Å². The highest BCUT2D eigenvalue weighted by Crippen LogP contribution is 2.25. The first-order chi connectivity index (χ1) is 9.86. The number of aliphatic hydroxyl groups is 1. The molecule has 1 aromatic carbocycles. The molecule has 118 valence electrons. The monoisotopic (exact) mass is 312 g/mol. The molecule has 1 aliphatic heterocycles. The Morgan fingerprint density at radius 3 is 2.43 bits per heavy atom. The quantitative estimate of drug-likeness (QED) is 0.907. The van der Waals surface area contributed by atoms with Crippen LogP contribution < -0.4 is 0 Å². The van der Waals surface area contributed by atoms with Gasteiger partial charge in [-0.2, -0.15) is 4.31 Å². The number of sulfonamides is 1. The van der Waals surface area contributed by atoms with Crippen LogP contribution in [0.25, 0.3) is 0 Å². The molecule has 0 aromatic heterocycles. The summed E-state index contributed by atoms with van der Waals surface area (Å²) in [6.45, 7) is 2.74. The van der Waals surface area contributed by atoms with Gasteiger partial charge in [-0.05, 0) is 51.1 Å². The molecule has 21 heavy (non-hydrogen) atoms. The largest absolute Gasteiger partial charge is 0.392 e. The van der Waals surface area contributed by atoms with Crippen LogP contribution in [0.1, 0.15) is 24.0 Å². The van der Waals surface area contributed by atoms with Crippen molar-refractivity contribution in [1.29, 1.82) is 0 Å². The van der Waals surface area contributed by atoms with Crippen LogP contribution in [0, 0.1) is 6.92 Å². The molecule has 0 aliphatic carbocycles. The maximum Gasteiger partial charge on any atom is 0.243 e. The van der Waals surface area contributed by atoms with Crippen LogP contribution >= 0.6 is 0 Å². The fourth-order valence-corrected chi connectivity index (χ4v) is 4.50. The van der Waals surface area contributed by atoms with E-state index in [4.69, 9.17) is 0 Å². The average Bonchev–Trinajstić information content (AvgIpc) is 2.47. The van der Waals surface area contributed by atoms with Crippen molar-refractivity contribution in [3.63, 3.8) is 0 Å². The van der Waals surface area contributed by atoms with Crippen molar-refractivity contribution < 1.29 is 13.5 Å². The predicted octanol–water partition coefficient (Wildman–Crippen LogP) is 1.20. The Kier molecular flexibility index (Phi) is 5.03. The Bertz CT molecular complexity index is 591. The lowest BCUT2D eigenvalue weighted by Gasteiger charge is -2.34. The van der Waals surface area contributed by atoms with Gasteiger partial charge >= 0.3 is 0 Å². The van der Waals surface area contributed by atoms with E-state index in [1.807, 2.05) is 14.1 Å². The maximum absolute atomic E-state index is 12.8. The van der Waals surface area contributed by atoms with Gasteiger partial charge in [-0.25, -0.2) is 8.42 Å². The summed E-state index contributed by atoms with van der Waals surface area (Å²) in [6.07, 6.45) is 1.70.